The molecule has 1 heterocycles. The molecule has 6 nitrogen and oxygen atoms in total. The fourth-order valence-corrected chi connectivity index (χ4v) is 3.27. The molecule has 140 valence electrons. The van der Waals surface area contributed by atoms with Gasteiger partial charge < -0.3 is 14.8 Å². The monoisotopic (exact) mass is 376 g/mol. The number of anilines is 1. The summed E-state index contributed by atoms with van der Waals surface area (Å²) in [4.78, 5) is 28.4. The van der Waals surface area contributed by atoms with Crippen LogP contribution in [0.2, 0.25) is 0 Å². The van der Waals surface area contributed by atoms with Crippen LogP contribution in [0.4, 0.5) is 5.13 Å². The van der Waals surface area contributed by atoms with Crippen LogP contribution in [0.1, 0.15) is 46.3 Å². The van der Waals surface area contributed by atoms with E-state index in [1.54, 1.807) is 13.8 Å². The molecule has 0 fully saturated rings. The molecule has 0 atom stereocenters. The van der Waals surface area contributed by atoms with Gasteiger partial charge in [0.25, 0.3) is 0 Å². The highest BCUT2D eigenvalue weighted by molar-refractivity contribution is 7.17. The molecule has 7 heteroatoms. The van der Waals surface area contributed by atoms with Gasteiger partial charge in [0.15, 0.2) is 5.13 Å². The van der Waals surface area contributed by atoms with E-state index in [1.165, 1.54) is 5.56 Å². The molecule has 0 aliphatic heterocycles. The number of ether oxygens (including phenoxy) is 2. The molecule has 2 rings (SSSR count). The first-order valence-corrected chi connectivity index (χ1v) is 9.36. The number of benzene rings is 1. The minimum atomic E-state index is -0.412. The number of thiazole rings is 1. The number of aryl methyl sites for hydroxylation is 3. The average Bonchev–Trinajstić information content (AvgIpc) is 2.93. The van der Waals surface area contributed by atoms with Crippen LogP contribution in [0.5, 0.6) is 5.75 Å². The number of hydrogen-bond acceptors (Lipinski definition) is 6. The maximum atomic E-state index is 12.0. The van der Waals surface area contributed by atoms with Crippen LogP contribution < -0.4 is 10.1 Å². The molecule has 0 unspecified atom stereocenters. The van der Waals surface area contributed by atoms with Gasteiger partial charge in [-0.15, -0.1) is 0 Å². The molecule has 1 aromatic heterocycles. The number of hydrogen-bond donors (Lipinski definition) is 1. The van der Waals surface area contributed by atoms with E-state index in [0.717, 1.165) is 22.6 Å². The first-order valence-electron chi connectivity index (χ1n) is 8.55. The second-order valence-electron chi connectivity index (χ2n) is 5.92. The molecule has 0 saturated carbocycles. The molecule has 2 aromatic rings. The highest BCUT2D eigenvalue weighted by atomic mass is 32.1. The topological polar surface area (TPSA) is 77.5 Å². The van der Waals surface area contributed by atoms with Crippen LogP contribution in [-0.2, 0) is 9.53 Å². The van der Waals surface area contributed by atoms with Gasteiger partial charge in [0.2, 0.25) is 5.91 Å². The van der Waals surface area contributed by atoms with Gasteiger partial charge in [-0.05, 0) is 45.7 Å². The Balaban J connectivity index is 1.78. The van der Waals surface area contributed by atoms with Gasteiger partial charge in [-0.25, -0.2) is 9.78 Å². The van der Waals surface area contributed by atoms with Crippen molar-refractivity contribution in [1.82, 2.24) is 4.98 Å². The Morgan fingerprint density at radius 3 is 2.69 bits per heavy atom. The molecule has 1 N–H and O–H groups in total. The standard InChI is InChI=1S/C19H24N2O4S/c1-5-24-18(23)17-14(4)20-19(26-17)21-16(22)7-6-10-25-15-9-8-12(2)11-13(15)3/h8-9,11H,5-7,10H2,1-4H3,(H,20,21,22). The predicted octanol–water partition coefficient (Wildman–Crippen LogP) is 4.04. The molecular formula is C19H24N2O4S. The van der Waals surface area contributed by atoms with Gasteiger partial charge in [0.05, 0.1) is 18.9 Å². The SMILES string of the molecule is CCOC(=O)c1sc(NC(=O)CCCOc2ccc(C)cc2C)nc1C. The van der Waals surface area contributed by atoms with E-state index in [1.807, 2.05) is 26.0 Å². The zero-order valence-corrected chi connectivity index (χ0v) is 16.4. The summed E-state index contributed by atoms with van der Waals surface area (Å²) in [6, 6.07) is 6.01. The highest BCUT2D eigenvalue weighted by Gasteiger charge is 2.17. The van der Waals surface area contributed by atoms with Crippen molar-refractivity contribution in [2.24, 2.45) is 0 Å². The largest absolute Gasteiger partial charge is 0.493 e. The number of carbonyl (C=O) groups is 2. The van der Waals surface area contributed by atoms with Crippen molar-refractivity contribution in [3.8, 4) is 5.75 Å². The summed E-state index contributed by atoms with van der Waals surface area (Å²) in [6.07, 6.45) is 0.909. The molecule has 26 heavy (non-hydrogen) atoms. The molecular weight excluding hydrogens is 352 g/mol. The summed E-state index contributed by atoms with van der Waals surface area (Å²) < 4.78 is 10.7. The lowest BCUT2D eigenvalue weighted by molar-refractivity contribution is -0.116. The first-order chi connectivity index (χ1) is 12.4. The van der Waals surface area contributed by atoms with E-state index in [9.17, 15) is 9.59 Å². The fourth-order valence-electron chi connectivity index (χ4n) is 2.39. The number of nitrogens with zero attached hydrogens (tertiary/aromatic N) is 1. The Morgan fingerprint density at radius 2 is 2.00 bits per heavy atom. The maximum absolute atomic E-state index is 12.0. The van der Waals surface area contributed by atoms with Gasteiger partial charge >= 0.3 is 5.97 Å². The molecule has 0 spiro atoms. The zero-order valence-electron chi connectivity index (χ0n) is 15.5. The lowest BCUT2D eigenvalue weighted by Gasteiger charge is -2.09. The van der Waals surface area contributed by atoms with Gasteiger partial charge in [-0.3, -0.25) is 4.79 Å². The quantitative estimate of drug-likeness (QED) is 0.556. The second kappa shape index (κ2) is 9.33. The van der Waals surface area contributed by atoms with Crippen molar-refractivity contribution in [2.45, 2.75) is 40.5 Å². The molecule has 0 bridgehead atoms. The Labute approximate surface area is 157 Å². The van der Waals surface area contributed by atoms with Crippen molar-refractivity contribution >= 4 is 28.3 Å². The zero-order chi connectivity index (χ0) is 19.1. The smallest absolute Gasteiger partial charge is 0.350 e. The van der Waals surface area contributed by atoms with Gasteiger partial charge in [0.1, 0.15) is 10.6 Å². The summed E-state index contributed by atoms with van der Waals surface area (Å²) in [7, 11) is 0. The Morgan fingerprint density at radius 1 is 1.23 bits per heavy atom. The Bertz CT molecular complexity index is 786. The number of esters is 1. The Hall–Kier alpha value is -2.41. The Kier molecular flexibility index (Phi) is 7.15. The fraction of sp³-hybridized carbons (Fsp3) is 0.421. The van der Waals surface area contributed by atoms with Crippen LogP contribution in [0.25, 0.3) is 0 Å². The van der Waals surface area contributed by atoms with Crippen molar-refractivity contribution in [3.05, 3.63) is 39.9 Å². The van der Waals surface area contributed by atoms with Crippen LogP contribution in [0.15, 0.2) is 18.2 Å². The van der Waals surface area contributed by atoms with Crippen LogP contribution in [0, 0.1) is 20.8 Å². The molecule has 1 amide bonds. The van der Waals surface area contributed by atoms with E-state index < -0.39 is 5.97 Å². The lowest BCUT2D eigenvalue weighted by Crippen LogP contribution is -2.12. The van der Waals surface area contributed by atoms with Crippen molar-refractivity contribution in [2.75, 3.05) is 18.5 Å². The van der Waals surface area contributed by atoms with E-state index in [4.69, 9.17) is 9.47 Å². The molecule has 0 aliphatic carbocycles. The third-order valence-corrected chi connectivity index (χ3v) is 4.69. The van der Waals surface area contributed by atoms with Gasteiger partial charge in [0, 0.05) is 6.42 Å². The number of amides is 1. The van der Waals surface area contributed by atoms with Gasteiger partial charge in [-0.2, -0.15) is 0 Å². The normalized spacial score (nSPS) is 10.5. The third-order valence-electron chi connectivity index (χ3n) is 3.64. The van der Waals surface area contributed by atoms with Crippen LogP contribution in [-0.4, -0.2) is 30.1 Å². The third kappa shape index (κ3) is 5.56. The maximum Gasteiger partial charge on any atom is 0.350 e. The average molecular weight is 376 g/mol. The van der Waals surface area contributed by atoms with E-state index >= 15 is 0 Å². The van der Waals surface area contributed by atoms with Gasteiger partial charge in [-0.1, -0.05) is 29.0 Å². The molecule has 0 radical (unpaired) electrons. The number of aromatic nitrogens is 1. The van der Waals surface area contributed by atoms with E-state index in [2.05, 4.69) is 16.4 Å². The number of rotatable bonds is 8. The van der Waals surface area contributed by atoms with Crippen molar-refractivity contribution in [1.29, 1.82) is 0 Å². The minimum absolute atomic E-state index is 0.154. The van der Waals surface area contributed by atoms with Crippen molar-refractivity contribution in [3.63, 3.8) is 0 Å². The van der Waals surface area contributed by atoms with E-state index in [-0.39, 0.29) is 5.91 Å². The lowest BCUT2D eigenvalue weighted by atomic mass is 10.1. The predicted molar refractivity (Wildman–Crippen MR) is 102 cm³/mol. The summed E-state index contributed by atoms with van der Waals surface area (Å²) in [5, 5.41) is 3.13. The van der Waals surface area contributed by atoms with Crippen LogP contribution in [0.3, 0.4) is 0 Å². The summed E-state index contributed by atoms with van der Waals surface area (Å²) in [6.45, 7) is 8.27. The summed E-state index contributed by atoms with van der Waals surface area (Å²) in [5.74, 6) is 0.272. The van der Waals surface area contributed by atoms with Crippen LogP contribution >= 0.6 is 11.3 Å². The minimum Gasteiger partial charge on any atom is -0.493 e. The number of nitrogens with one attached hydrogen (secondary N) is 1. The number of carbonyl (C=O) groups excluding carboxylic acids is 2. The molecule has 0 saturated heterocycles. The molecule has 1 aromatic carbocycles. The summed E-state index contributed by atoms with van der Waals surface area (Å²) in [5.41, 5.74) is 2.83. The first kappa shape index (κ1) is 19.9. The molecule has 0 aliphatic rings. The highest BCUT2D eigenvalue weighted by Crippen LogP contribution is 2.23. The van der Waals surface area contributed by atoms with E-state index in [0.29, 0.717) is 41.8 Å². The second-order valence-corrected chi connectivity index (χ2v) is 6.92. The summed E-state index contributed by atoms with van der Waals surface area (Å²) >= 11 is 1.13. The van der Waals surface area contributed by atoms with Crippen molar-refractivity contribution < 1.29 is 19.1 Å².